The summed E-state index contributed by atoms with van der Waals surface area (Å²) in [5.74, 6) is 0.863. The van der Waals surface area contributed by atoms with E-state index in [1.54, 1.807) is 7.11 Å². The lowest BCUT2D eigenvalue weighted by atomic mass is 10.1. The number of nitrogens with zero attached hydrogens (tertiary/aromatic N) is 1. The van der Waals surface area contributed by atoms with E-state index in [-0.39, 0.29) is 0 Å². The highest BCUT2D eigenvalue weighted by atomic mass is 16.5. The third-order valence-electron chi connectivity index (χ3n) is 4.62. The van der Waals surface area contributed by atoms with Crippen LogP contribution in [0.4, 0.5) is 5.69 Å². The van der Waals surface area contributed by atoms with Crippen LogP contribution in [0.3, 0.4) is 0 Å². The molecule has 3 nitrogen and oxygen atoms in total. The summed E-state index contributed by atoms with van der Waals surface area (Å²) in [4.78, 5) is 0. The Morgan fingerprint density at radius 3 is 2.54 bits per heavy atom. The number of para-hydroxylation sites is 1. The second-order valence-corrected chi connectivity index (χ2v) is 6.37. The van der Waals surface area contributed by atoms with Gasteiger partial charge in [0.2, 0.25) is 0 Å². The van der Waals surface area contributed by atoms with Crippen LogP contribution in [0.15, 0.2) is 85.1 Å². The summed E-state index contributed by atoms with van der Waals surface area (Å²) in [6.07, 6.45) is 2.25. The molecule has 0 bridgehead atoms. The number of benzene rings is 3. The number of anilines is 1. The van der Waals surface area contributed by atoms with Crippen LogP contribution >= 0.6 is 0 Å². The van der Waals surface area contributed by atoms with E-state index in [9.17, 15) is 0 Å². The Morgan fingerprint density at radius 1 is 0.885 bits per heavy atom. The van der Waals surface area contributed by atoms with Gasteiger partial charge in [-0.05, 0) is 29.3 Å². The standard InChI is InChI=1S/C23H22N2O/c1-26-21-11-7-10-20(14-21)24-15-19-17-25(16-18-8-3-2-4-9-18)23-13-6-5-12-22(19)23/h2-14,17,24H,15-16H2,1H3. The summed E-state index contributed by atoms with van der Waals surface area (Å²) < 4.78 is 7.63. The summed E-state index contributed by atoms with van der Waals surface area (Å²) in [5.41, 5.74) is 4.92. The van der Waals surface area contributed by atoms with E-state index in [0.29, 0.717) is 0 Å². The molecule has 0 atom stereocenters. The Morgan fingerprint density at radius 2 is 1.69 bits per heavy atom. The minimum absolute atomic E-state index is 0.773. The first-order valence-electron chi connectivity index (χ1n) is 8.82. The molecule has 1 heterocycles. The van der Waals surface area contributed by atoms with Crippen molar-refractivity contribution in [3.63, 3.8) is 0 Å². The van der Waals surface area contributed by atoms with Crippen molar-refractivity contribution in [3.8, 4) is 5.75 Å². The largest absolute Gasteiger partial charge is 0.497 e. The Bertz CT molecular complexity index is 1010. The molecule has 26 heavy (non-hydrogen) atoms. The molecule has 0 fully saturated rings. The average Bonchev–Trinajstić information content (AvgIpc) is 3.05. The maximum Gasteiger partial charge on any atom is 0.120 e. The summed E-state index contributed by atoms with van der Waals surface area (Å²) in [6, 6.07) is 27.2. The Balaban J connectivity index is 1.61. The third kappa shape index (κ3) is 3.42. The van der Waals surface area contributed by atoms with Crippen LogP contribution in [0.5, 0.6) is 5.75 Å². The summed E-state index contributed by atoms with van der Waals surface area (Å²) in [6.45, 7) is 1.65. The van der Waals surface area contributed by atoms with Gasteiger partial charge in [0, 0.05) is 41.9 Å². The quantitative estimate of drug-likeness (QED) is 0.514. The molecule has 0 aliphatic carbocycles. The molecule has 4 rings (SSSR count). The molecule has 3 aromatic carbocycles. The zero-order chi connectivity index (χ0) is 17.8. The van der Waals surface area contributed by atoms with Crippen molar-refractivity contribution in [3.05, 3.63) is 96.2 Å². The Labute approximate surface area is 153 Å². The third-order valence-corrected chi connectivity index (χ3v) is 4.62. The van der Waals surface area contributed by atoms with Crippen LogP contribution in [-0.4, -0.2) is 11.7 Å². The van der Waals surface area contributed by atoms with Gasteiger partial charge < -0.3 is 14.6 Å². The van der Waals surface area contributed by atoms with Crippen molar-refractivity contribution >= 4 is 16.6 Å². The SMILES string of the molecule is COc1cccc(NCc2cn(Cc3ccccc3)c3ccccc23)c1. The molecule has 0 aliphatic rings. The molecule has 0 unspecified atom stereocenters. The van der Waals surface area contributed by atoms with Gasteiger partial charge in [0.25, 0.3) is 0 Å². The predicted octanol–water partition coefficient (Wildman–Crippen LogP) is 5.31. The summed E-state index contributed by atoms with van der Waals surface area (Å²) in [5, 5.41) is 4.80. The number of hydrogen-bond acceptors (Lipinski definition) is 2. The zero-order valence-electron chi connectivity index (χ0n) is 14.9. The molecule has 130 valence electrons. The lowest BCUT2D eigenvalue weighted by Gasteiger charge is -2.07. The van der Waals surface area contributed by atoms with Crippen molar-refractivity contribution in [1.29, 1.82) is 0 Å². The smallest absolute Gasteiger partial charge is 0.120 e. The fourth-order valence-corrected chi connectivity index (χ4v) is 3.30. The maximum atomic E-state index is 5.30. The predicted molar refractivity (Wildman–Crippen MR) is 108 cm³/mol. The fraction of sp³-hybridized carbons (Fsp3) is 0.130. The molecule has 0 amide bonds. The van der Waals surface area contributed by atoms with Gasteiger partial charge in [-0.25, -0.2) is 0 Å². The molecule has 0 spiro atoms. The molecule has 4 aromatic rings. The van der Waals surface area contributed by atoms with Crippen molar-refractivity contribution in [2.45, 2.75) is 13.1 Å². The number of rotatable bonds is 6. The van der Waals surface area contributed by atoms with Crippen LogP contribution < -0.4 is 10.1 Å². The van der Waals surface area contributed by atoms with E-state index < -0.39 is 0 Å². The van der Waals surface area contributed by atoms with E-state index in [4.69, 9.17) is 4.74 Å². The van der Waals surface area contributed by atoms with Gasteiger partial charge in [0.1, 0.15) is 5.75 Å². The second kappa shape index (κ2) is 7.36. The Hall–Kier alpha value is -3.20. The van der Waals surface area contributed by atoms with Gasteiger partial charge in [-0.15, -0.1) is 0 Å². The van der Waals surface area contributed by atoms with Crippen LogP contribution in [0.1, 0.15) is 11.1 Å². The maximum absolute atomic E-state index is 5.30. The number of hydrogen-bond donors (Lipinski definition) is 1. The van der Waals surface area contributed by atoms with Gasteiger partial charge in [-0.3, -0.25) is 0 Å². The first-order chi connectivity index (χ1) is 12.8. The van der Waals surface area contributed by atoms with E-state index in [0.717, 1.165) is 24.5 Å². The molecular formula is C23H22N2O. The van der Waals surface area contributed by atoms with Crippen molar-refractivity contribution < 1.29 is 4.74 Å². The number of methoxy groups -OCH3 is 1. The number of aromatic nitrogens is 1. The molecule has 0 aliphatic heterocycles. The molecule has 1 N–H and O–H groups in total. The lowest BCUT2D eigenvalue weighted by molar-refractivity contribution is 0.415. The van der Waals surface area contributed by atoms with Crippen molar-refractivity contribution in [2.75, 3.05) is 12.4 Å². The first kappa shape index (κ1) is 16.3. The topological polar surface area (TPSA) is 26.2 Å². The molecule has 0 saturated carbocycles. The average molecular weight is 342 g/mol. The molecular weight excluding hydrogens is 320 g/mol. The highest BCUT2D eigenvalue weighted by Crippen LogP contribution is 2.24. The highest BCUT2D eigenvalue weighted by Gasteiger charge is 2.08. The summed E-state index contributed by atoms with van der Waals surface area (Å²) in [7, 11) is 1.69. The first-order valence-corrected chi connectivity index (χ1v) is 8.82. The zero-order valence-corrected chi connectivity index (χ0v) is 14.9. The van der Waals surface area contributed by atoms with Gasteiger partial charge in [-0.1, -0.05) is 54.6 Å². The normalized spacial score (nSPS) is 10.8. The number of ether oxygens (including phenoxy) is 1. The number of fused-ring (bicyclic) bond motifs is 1. The fourth-order valence-electron chi connectivity index (χ4n) is 3.30. The van der Waals surface area contributed by atoms with Crippen LogP contribution in [-0.2, 0) is 13.1 Å². The van der Waals surface area contributed by atoms with Gasteiger partial charge >= 0.3 is 0 Å². The molecule has 1 aromatic heterocycles. The van der Waals surface area contributed by atoms with Crippen molar-refractivity contribution in [1.82, 2.24) is 4.57 Å². The van der Waals surface area contributed by atoms with Gasteiger partial charge in [-0.2, -0.15) is 0 Å². The van der Waals surface area contributed by atoms with E-state index >= 15 is 0 Å². The van der Waals surface area contributed by atoms with E-state index in [1.807, 2.05) is 18.2 Å². The van der Waals surface area contributed by atoms with Crippen LogP contribution in [0.25, 0.3) is 10.9 Å². The molecule has 3 heteroatoms. The number of nitrogens with one attached hydrogen (secondary N) is 1. The van der Waals surface area contributed by atoms with E-state index in [1.165, 1.54) is 22.0 Å². The minimum atomic E-state index is 0.773. The van der Waals surface area contributed by atoms with Gasteiger partial charge in [0.15, 0.2) is 0 Å². The second-order valence-electron chi connectivity index (χ2n) is 6.37. The minimum Gasteiger partial charge on any atom is -0.497 e. The van der Waals surface area contributed by atoms with E-state index in [2.05, 4.69) is 76.7 Å². The van der Waals surface area contributed by atoms with Crippen LogP contribution in [0, 0.1) is 0 Å². The highest BCUT2D eigenvalue weighted by molar-refractivity contribution is 5.84. The molecule has 0 saturated heterocycles. The summed E-state index contributed by atoms with van der Waals surface area (Å²) >= 11 is 0. The van der Waals surface area contributed by atoms with Gasteiger partial charge in [0.05, 0.1) is 7.11 Å². The lowest BCUT2D eigenvalue weighted by Crippen LogP contribution is -2.00. The Kier molecular flexibility index (Phi) is 4.61. The molecule has 0 radical (unpaired) electrons. The monoisotopic (exact) mass is 342 g/mol. The van der Waals surface area contributed by atoms with Crippen LogP contribution in [0.2, 0.25) is 0 Å². The van der Waals surface area contributed by atoms with Crippen molar-refractivity contribution in [2.24, 2.45) is 0 Å².